The molecule has 1 aromatic carbocycles. The molecule has 4 rings (SSSR count). The first kappa shape index (κ1) is 16.8. The number of ether oxygens (including phenoxy) is 2. The molecule has 2 heterocycles. The molecule has 25 heavy (non-hydrogen) atoms. The smallest absolute Gasteiger partial charge is 0.261 e. The molecule has 1 saturated heterocycles. The van der Waals surface area contributed by atoms with Crippen molar-refractivity contribution >= 4 is 17.2 Å². The first-order chi connectivity index (χ1) is 12.2. The summed E-state index contributed by atoms with van der Waals surface area (Å²) in [5.74, 6) is 0.710. The zero-order chi connectivity index (χ0) is 17.4. The van der Waals surface area contributed by atoms with E-state index < -0.39 is 0 Å². The van der Waals surface area contributed by atoms with Crippen molar-refractivity contribution in [3.05, 3.63) is 46.8 Å². The molecule has 0 spiro atoms. The van der Waals surface area contributed by atoms with Crippen molar-refractivity contribution in [1.82, 2.24) is 5.32 Å². The minimum Gasteiger partial charge on any atom is -0.384 e. The van der Waals surface area contributed by atoms with E-state index in [2.05, 4.69) is 24.4 Å². The monoisotopic (exact) mass is 357 g/mol. The maximum absolute atomic E-state index is 12.8. The lowest BCUT2D eigenvalue weighted by molar-refractivity contribution is -0.0809. The van der Waals surface area contributed by atoms with Gasteiger partial charge in [0.15, 0.2) is 0 Å². The number of fused-ring (bicyclic) bond motifs is 1. The summed E-state index contributed by atoms with van der Waals surface area (Å²) in [7, 11) is 1.70. The minimum atomic E-state index is 0.0201. The largest absolute Gasteiger partial charge is 0.384 e. The van der Waals surface area contributed by atoms with Crippen molar-refractivity contribution in [3.63, 3.8) is 0 Å². The van der Waals surface area contributed by atoms with E-state index in [9.17, 15) is 4.79 Å². The van der Waals surface area contributed by atoms with Crippen LogP contribution in [0.15, 0.2) is 36.4 Å². The van der Waals surface area contributed by atoms with Crippen LogP contribution in [0.2, 0.25) is 0 Å². The lowest BCUT2D eigenvalue weighted by Crippen LogP contribution is -2.62. The second kappa shape index (κ2) is 6.90. The predicted molar refractivity (Wildman–Crippen MR) is 99.0 cm³/mol. The molecule has 132 valence electrons. The fourth-order valence-electron chi connectivity index (χ4n) is 4.13. The number of nitrogens with one attached hydrogen (secondary N) is 1. The first-order valence-electron chi connectivity index (χ1n) is 8.76. The van der Waals surface area contributed by atoms with Crippen molar-refractivity contribution in [1.29, 1.82) is 0 Å². The third-order valence-electron chi connectivity index (χ3n) is 5.36. The van der Waals surface area contributed by atoms with Crippen LogP contribution >= 0.6 is 11.3 Å². The molecule has 4 atom stereocenters. The van der Waals surface area contributed by atoms with E-state index in [1.165, 1.54) is 0 Å². The molecule has 1 N–H and O–H groups in total. The molecule has 1 amide bonds. The summed E-state index contributed by atoms with van der Waals surface area (Å²) in [6, 6.07) is 12.4. The minimum absolute atomic E-state index is 0.0201. The summed E-state index contributed by atoms with van der Waals surface area (Å²) < 4.78 is 11.1. The molecule has 1 aliphatic heterocycles. The number of methoxy groups -OCH3 is 1. The Morgan fingerprint density at radius 3 is 2.92 bits per heavy atom. The summed E-state index contributed by atoms with van der Waals surface area (Å²) in [6.45, 7) is 3.48. The summed E-state index contributed by atoms with van der Waals surface area (Å²) in [5.41, 5.74) is 2.31. The third kappa shape index (κ3) is 3.01. The van der Waals surface area contributed by atoms with Gasteiger partial charge in [-0.15, -0.1) is 11.3 Å². The second-order valence-corrected chi connectivity index (χ2v) is 7.95. The Morgan fingerprint density at radius 1 is 1.36 bits per heavy atom. The average Bonchev–Trinajstić information content (AvgIpc) is 3.22. The number of amides is 1. The predicted octanol–water partition coefficient (Wildman–Crippen LogP) is 3.50. The van der Waals surface area contributed by atoms with Gasteiger partial charge in [0.05, 0.1) is 17.6 Å². The highest BCUT2D eigenvalue weighted by atomic mass is 32.1. The topological polar surface area (TPSA) is 47.6 Å². The zero-order valence-corrected chi connectivity index (χ0v) is 15.3. The Labute approximate surface area is 152 Å². The standard InChI is InChI=1S/C20H23NO3S/c1-12-10-16(25-19(12)13-6-4-3-5-7-13)20(22)21-17-14-8-9-24-18(14)15(17)11-23-2/h3-7,10,14-15,17-18H,8-9,11H2,1-2H3,(H,21,22)/t14-,15-,17-,18-/m1/s1. The Bertz CT molecular complexity index is 758. The maximum atomic E-state index is 12.8. The summed E-state index contributed by atoms with van der Waals surface area (Å²) >= 11 is 1.56. The van der Waals surface area contributed by atoms with Crippen LogP contribution in [-0.2, 0) is 9.47 Å². The molecule has 0 bridgehead atoms. The maximum Gasteiger partial charge on any atom is 0.261 e. The van der Waals surface area contributed by atoms with E-state index in [4.69, 9.17) is 9.47 Å². The number of hydrogen-bond acceptors (Lipinski definition) is 4. The molecule has 1 aromatic heterocycles. The van der Waals surface area contributed by atoms with Crippen LogP contribution in [0.4, 0.5) is 0 Å². The SMILES string of the molecule is COC[C@@H]1[C@H](NC(=O)c2cc(C)c(-c3ccccc3)s2)[C@H]2CCO[C@H]21. The number of aryl methyl sites for hydroxylation is 1. The van der Waals surface area contributed by atoms with Gasteiger partial charge in [-0.05, 0) is 30.5 Å². The van der Waals surface area contributed by atoms with Crippen LogP contribution in [-0.4, -0.2) is 38.4 Å². The van der Waals surface area contributed by atoms with Gasteiger partial charge in [0.2, 0.25) is 0 Å². The van der Waals surface area contributed by atoms with Gasteiger partial charge in [-0.1, -0.05) is 30.3 Å². The van der Waals surface area contributed by atoms with Crippen LogP contribution in [0.1, 0.15) is 21.7 Å². The zero-order valence-electron chi connectivity index (χ0n) is 14.5. The van der Waals surface area contributed by atoms with Crippen LogP contribution in [0.25, 0.3) is 10.4 Å². The van der Waals surface area contributed by atoms with Crippen LogP contribution in [0.5, 0.6) is 0 Å². The van der Waals surface area contributed by atoms with E-state index >= 15 is 0 Å². The number of rotatable bonds is 5. The highest BCUT2D eigenvalue weighted by Gasteiger charge is 2.54. The third-order valence-corrected chi connectivity index (χ3v) is 6.65. The van der Waals surface area contributed by atoms with Crippen LogP contribution < -0.4 is 5.32 Å². The van der Waals surface area contributed by atoms with Crippen LogP contribution in [0, 0.1) is 18.8 Å². The molecule has 2 aliphatic rings. The Balaban J connectivity index is 1.50. The van der Waals surface area contributed by atoms with Gasteiger partial charge in [-0.3, -0.25) is 4.79 Å². The molecule has 2 aromatic rings. The molecule has 1 aliphatic carbocycles. The summed E-state index contributed by atoms with van der Waals surface area (Å²) in [5, 5.41) is 3.24. The van der Waals surface area contributed by atoms with Gasteiger partial charge in [-0.25, -0.2) is 0 Å². The van der Waals surface area contributed by atoms with Gasteiger partial charge in [0.1, 0.15) is 0 Å². The quantitative estimate of drug-likeness (QED) is 0.891. The summed E-state index contributed by atoms with van der Waals surface area (Å²) in [6.07, 6.45) is 1.27. The number of thiophene rings is 1. The van der Waals surface area contributed by atoms with E-state index in [-0.39, 0.29) is 24.0 Å². The van der Waals surface area contributed by atoms with E-state index in [0.717, 1.165) is 33.9 Å². The molecular weight excluding hydrogens is 334 g/mol. The van der Waals surface area contributed by atoms with Crippen molar-refractivity contribution < 1.29 is 14.3 Å². The highest BCUT2D eigenvalue weighted by molar-refractivity contribution is 7.17. The molecule has 2 fully saturated rings. The van der Waals surface area contributed by atoms with Gasteiger partial charge in [0.25, 0.3) is 5.91 Å². The molecule has 0 unspecified atom stereocenters. The first-order valence-corrected chi connectivity index (χ1v) is 9.58. The van der Waals surface area contributed by atoms with Crippen LogP contribution in [0.3, 0.4) is 0 Å². The Morgan fingerprint density at radius 2 is 2.16 bits per heavy atom. The fourth-order valence-corrected chi connectivity index (χ4v) is 5.21. The summed E-state index contributed by atoms with van der Waals surface area (Å²) in [4.78, 5) is 14.7. The van der Waals surface area contributed by atoms with E-state index in [1.807, 2.05) is 24.3 Å². The molecule has 0 radical (unpaired) electrons. The number of benzene rings is 1. The lowest BCUT2D eigenvalue weighted by Gasteiger charge is -2.47. The highest BCUT2D eigenvalue weighted by Crippen LogP contribution is 2.44. The number of hydrogen-bond donors (Lipinski definition) is 1. The van der Waals surface area contributed by atoms with Gasteiger partial charge >= 0.3 is 0 Å². The lowest BCUT2D eigenvalue weighted by atomic mass is 9.67. The average molecular weight is 357 g/mol. The van der Waals surface area contributed by atoms with E-state index in [0.29, 0.717) is 12.5 Å². The van der Waals surface area contributed by atoms with Gasteiger partial charge < -0.3 is 14.8 Å². The normalized spacial score (nSPS) is 27.6. The van der Waals surface area contributed by atoms with Crippen molar-refractivity contribution in [2.24, 2.45) is 11.8 Å². The van der Waals surface area contributed by atoms with Crippen molar-refractivity contribution in [2.45, 2.75) is 25.5 Å². The number of carbonyl (C=O) groups is 1. The van der Waals surface area contributed by atoms with Crippen molar-refractivity contribution in [3.8, 4) is 10.4 Å². The van der Waals surface area contributed by atoms with Crippen molar-refractivity contribution in [2.75, 3.05) is 20.3 Å². The molecule has 4 nitrogen and oxygen atoms in total. The fraction of sp³-hybridized carbons (Fsp3) is 0.450. The van der Waals surface area contributed by atoms with E-state index in [1.54, 1.807) is 18.4 Å². The Hall–Kier alpha value is -1.69. The Kier molecular flexibility index (Phi) is 4.63. The second-order valence-electron chi connectivity index (χ2n) is 6.90. The van der Waals surface area contributed by atoms with Gasteiger partial charge in [-0.2, -0.15) is 0 Å². The van der Waals surface area contributed by atoms with Gasteiger partial charge in [0, 0.05) is 36.5 Å². The molecule has 1 saturated carbocycles. The number of carbonyl (C=O) groups excluding carboxylic acids is 1. The molecular formula is C20H23NO3S. The molecule has 5 heteroatoms.